The Hall–Kier alpha value is -7.46. The molecule has 0 aliphatic carbocycles. The summed E-state index contributed by atoms with van der Waals surface area (Å²) in [7, 11) is 0. The van der Waals surface area contributed by atoms with Gasteiger partial charge in [0.2, 0.25) is 0 Å². The summed E-state index contributed by atoms with van der Waals surface area (Å²) in [4.78, 5) is 75.3. The first-order valence-corrected chi connectivity index (χ1v) is 27.6. The van der Waals surface area contributed by atoms with Gasteiger partial charge in [-0.3, -0.25) is 29.0 Å². The van der Waals surface area contributed by atoms with Crippen LogP contribution in [-0.2, 0) is 38.1 Å². The van der Waals surface area contributed by atoms with E-state index in [2.05, 4.69) is 13.2 Å². The molecule has 0 atom stereocenters. The fraction of sp³-hybridized carbons (Fsp3) is 0.452. The highest BCUT2D eigenvalue weighted by atomic mass is 16.6. The molecule has 0 unspecified atom stereocenters. The van der Waals surface area contributed by atoms with Crippen molar-refractivity contribution in [3.05, 3.63) is 144 Å². The molecule has 448 valence electrons. The highest BCUT2D eigenvalue weighted by Crippen LogP contribution is 2.21. The van der Waals surface area contributed by atoms with Crippen LogP contribution in [0.3, 0.4) is 0 Å². The molecule has 82 heavy (non-hydrogen) atoms. The lowest BCUT2D eigenvalue weighted by Crippen LogP contribution is -2.32. The minimum absolute atomic E-state index is 0.0146. The monoisotopic (exact) mass is 1140 g/mol. The molecule has 4 N–H and O–H groups in total. The van der Waals surface area contributed by atoms with Crippen molar-refractivity contribution in [3.8, 4) is 23.0 Å². The molecule has 4 rings (SSSR count). The van der Waals surface area contributed by atoms with E-state index < -0.39 is 11.9 Å². The number of benzene rings is 4. The van der Waals surface area contributed by atoms with Crippen LogP contribution in [0.15, 0.2) is 122 Å². The summed E-state index contributed by atoms with van der Waals surface area (Å²) in [6.45, 7) is 13.2. The van der Waals surface area contributed by atoms with Crippen LogP contribution in [-0.4, -0.2) is 184 Å². The number of aliphatic hydroxyl groups excluding tert-OH is 4. The number of hydrogen-bond acceptors (Lipinski definition) is 20. The highest BCUT2D eigenvalue weighted by molar-refractivity contribution is 6.09. The number of rotatable bonds is 43. The van der Waals surface area contributed by atoms with E-state index in [0.29, 0.717) is 117 Å². The van der Waals surface area contributed by atoms with E-state index in [1.165, 1.54) is 0 Å². The molecular formula is C62H82N2O18. The molecule has 0 saturated heterocycles. The Labute approximate surface area is 481 Å². The summed E-state index contributed by atoms with van der Waals surface area (Å²) in [6.07, 6.45) is 7.45. The van der Waals surface area contributed by atoms with Crippen molar-refractivity contribution in [1.82, 2.24) is 9.80 Å². The predicted molar refractivity (Wildman–Crippen MR) is 306 cm³/mol. The quantitative estimate of drug-likeness (QED) is 0.0123. The summed E-state index contributed by atoms with van der Waals surface area (Å²) >= 11 is 0. The second-order valence-corrected chi connectivity index (χ2v) is 18.4. The zero-order chi connectivity index (χ0) is 59.6. The SMILES string of the molecule is C=C(C)C(=O)OCCCCCOc1ccc(C(=O)c2ccc(OCCCCCCOC(=O)CCN(CCO)CCO)cc2)cc1.C=CC(=O)OCCOc1ccc(C(=O)c2ccc(OCCOC(=O)CCN(CCO)CCO)cc2)cc1. The average molecular weight is 1140 g/mol. The third-order valence-electron chi connectivity index (χ3n) is 12.0. The Bertz CT molecular complexity index is 2470. The highest BCUT2D eigenvalue weighted by Gasteiger charge is 2.14. The fourth-order valence-corrected chi connectivity index (χ4v) is 7.49. The number of hydrogen-bond donors (Lipinski definition) is 4. The standard InChI is InChI=1S/C35H49NO9.C27H33NO9/c1-28(2)35(41)45-27-9-5-8-25-43-32-16-12-30(13-17-32)34(40)29-10-14-31(15-11-29)42-24-6-3-4-7-26-44-33(39)18-19-36(20-22-37)21-23-38;1-2-25(31)36-19-17-34-23-7-3-21(4-8-23)27(33)22-5-9-24(10-6-22)35-18-20-37-26(32)11-12-28(13-15-29)14-16-30/h10-17,37-38H,1,3-9,18-27H2,2H3;2-10,29-30H,1,11-20H2. The first-order valence-electron chi connectivity index (χ1n) is 27.6. The number of nitrogens with zero attached hydrogens (tertiary/aromatic N) is 2. The molecule has 4 aromatic carbocycles. The van der Waals surface area contributed by atoms with Crippen LogP contribution >= 0.6 is 0 Å². The molecule has 0 aliphatic rings. The Morgan fingerprint density at radius 2 is 0.707 bits per heavy atom. The van der Waals surface area contributed by atoms with Gasteiger partial charge >= 0.3 is 23.9 Å². The Balaban J connectivity index is 0.000000438. The van der Waals surface area contributed by atoms with Crippen LogP contribution in [0.4, 0.5) is 0 Å². The number of ketones is 2. The normalized spacial score (nSPS) is 10.7. The molecule has 0 heterocycles. The second kappa shape index (κ2) is 42.4. The van der Waals surface area contributed by atoms with Crippen molar-refractivity contribution in [1.29, 1.82) is 0 Å². The van der Waals surface area contributed by atoms with E-state index in [1.54, 1.807) is 109 Å². The van der Waals surface area contributed by atoms with Gasteiger partial charge in [0.25, 0.3) is 0 Å². The molecular weight excluding hydrogens is 1060 g/mol. The van der Waals surface area contributed by atoms with E-state index in [9.17, 15) is 28.8 Å². The van der Waals surface area contributed by atoms with Gasteiger partial charge in [0.05, 0.1) is 65.7 Å². The van der Waals surface area contributed by atoms with Crippen molar-refractivity contribution in [2.24, 2.45) is 0 Å². The van der Waals surface area contributed by atoms with Crippen LogP contribution in [0.25, 0.3) is 0 Å². The van der Waals surface area contributed by atoms with Crippen LogP contribution in [0, 0.1) is 0 Å². The van der Waals surface area contributed by atoms with E-state index in [4.69, 9.17) is 58.3 Å². The van der Waals surface area contributed by atoms with Crippen molar-refractivity contribution in [2.45, 2.75) is 64.7 Å². The van der Waals surface area contributed by atoms with Crippen molar-refractivity contribution in [3.63, 3.8) is 0 Å². The number of unbranched alkanes of at least 4 members (excludes halogenated alkanes) is 5. The largest absolute Gasteiger partial charge is 0.494 e. The average Bonchev–Trinajstić information content (AvgIpc) is 3.65. The summed E-state index contributed by atoms with van der Waals surface area (Å²) in [5.74, 6) is 0.696. The Morgan fingerprint density at radius 1 is 0.402 bits per heavy atom. The van der Waals surface area contributed by atoms with E-state index >= 15 is 0 Å². The van der Waals surface area contributed by atoms with Gasteiger partial charge in [-0.05, 0) is 149 Å². The Morgan fingerprint density at radius 3 is 1.05 bits per heavy atom. The van der Waals surface area contributed by atoms with Gasteiger partial charge in [-0.2, -0.15) is 0 Å². The van der Waals surface area contributed by atoms with Crippen molar-refractivity contribution >= 4 is 35.4 Å². The molecule has 0 amide bonds. The number of carbonyl (C=O) groups is 6. The molecule has 0 bridgehead atoms. The van der Waals surface area contributed by atoms with Crippen molar-refractivity contribution < 1.29 is 87.1 Å². The summed E-state index contributed by atoms with van der Waals surface area (Å²) in [5.41, 5.74) is 2.53. The van der Waals surface area contributed by atoms with Crippen LogP contribution < -0.4 is 18.9 Å². The maximum absolute atomic E-state index is 12.9. The van der Waals surface area contributed by atoms with Gasteiger partial charge in [-0.25, -0.2) is 9.59 Å². The smallest absolute Gasteiger partial charge is 0.333 e. The van der Waals surface area contributed by atoms with Gasteiger partial charge in [-0.1, -0.05) is 13.2 Å². The lowest BCUT2D eigenvalue weighted by atomic mass is 10.0. The molecule has 20 nitrogen and oxygen atoms in total. The summed E-state index contributed by atoms with van der Waals surface area (Å²) in [6, 6.07) is 27.5. The van der Waals surface area contributed by atoms with Crippen LogP contribution in [0.1, 0.15) is 96.6 Å². The zero-order valence-corrected chi connectivity index (χ0v) is 47.2. The maximum Gasteiger partial charge on any atom is 0.333 e. The Kier molecular flexibility index (Phi) is 35.6. The zero-order valence-electron chi connectivity index (χ0n) is 47.2. The fourth-order valence-electron chi connectivity index (χ4n) is 7.49. The number of aliphatic hydroxyl groups is 4. The van der Waals surface area contributed by atoms with Gasteiger partial charge in [0.1, 0.15) is 49.4 Å². The van der Waals surface area contributed by atoms with Gasteiger partial charge in [0.15, 0.2) is 11.6 Å². The van der Waals surface area contributed by atoms with Gasteiger partial charge < -0.3 is 58.3 Å². The minimum atomic E-state index is -0.516. The van der Waals surface area contributed by atoms with E-state index in [1.807, 2.05) is 4.90 Å². The molecule has 4 aromatic rings. The number of ether oxygens (including phenoxy) is 8. The third kappa shape index (κ3) is 29.8. The molecule has 0 radical (unpaired) electrons. The molecule has 0 fully saturated rings. The van der Waals surface area contributed by atoms with Gasteiger partial charge in [0, 0.05) is 73.2 Å². The molecule has 0 saturated carbocycles. The lowest BCUT2D eigenvalue weighted by Gasteiger charge is -2.19. The minimum Gasteiger partial charge on any atom is -0.494 e. The topological polar surface area (TPSA) is 264 Å². The summed E-state index contributed by atoms with van der Waals surface area (Å²) < 4.78 is 42.9. The first-order chi connectivity index (χ1) is 39.8. The number of carbonyl (C=O) groups excluding carboxylic acids is 6. The number of esters is 4. The third-order valence-corrected chi connectivity index (χ3v) is 12.0. The van der Waals surface area contributed by atoms with E-state index in [0.717, 1.165) is 51.0 Å². The molecule has 20 heteroatoms. The molecule has 0 spiro atoms. The molecule has 0 aliphatic heterocycles. The predicted octanol–water partition coefficient (Wildman–Crippen LogP) is 6.37. The second-order valence-electron chi connectivity index (χ2n) is 18.4. The molecule has 0 aromatic heterocycles. The summed E-state index contributed by atoms with van der Waals surface area (Å²) in [5, 5.41) is 36.0. The van der Waals surface area contributed by atoms with E-state index in [-0.39, 0.29) is 89.2 Å². The van der Waals surface area contributed by atoms with Crippen LogP contribution in [0.5, 0.6) is 23.0 Å². The van der Waals surface area contributed by atoms with Crippen LogP contribution in [0.2, 0.25) is 0 Å². The maximum atomic E-state index is 12.9. The van der Waals surface area contributed by atoms with Crippen molar-refractivity contribution in [2.75, 3.05) is 119 Å². The first kappa shape index (κ1) is 68.8. The van der Waals surface area contributed by atoms with Gasteiger partial charge in [-0.15, -0.1) is 0 Å². The lowest BCUT2D eigenvalue weighted by molar-refractivity contribution is -0.145.